The van der Waals surface area contributed by atoms with E-state index in [4.69, 9.17) is 4.42 Å². The number of anilines is 2. The minimum atomic E-state index is -0.730. The first-order chi connectivity index (χ1) is 14.1. The molecule has 3 heterocycles. The first-order valence-corrected chi connectivity index (χ1v) is 9.48. The molecule has 0 saturated carbocycles. The zero-order valence-electron chi connectivity index (χ0n) is 16.1. The summed E-state index contributed by atoms with van der Waals surface area (Å²) in [6, 6.07) is 17.8. The molecule has 2 aliphatic heterocycles. The first-order valence-electron chi connectivity index (χ1n) is 9.48. The molecule has 1 fully saturated rings. The molecule has 0 N–H and O–H groups in total. The summed E-state index contributed by atoms with van der Waals surface area (Å²) < 4.78 is 5.53. The summed E-state index contributed by atoms with van der Waals surface area (Å²) in [7, 11) is 0. The lowest BCUT2D eigenvalue weighted by atomic mass is 9.96. The number of hydrogen-bond acceptors (Lipinski definition) is 5. The number of hydrogen-bond donors (Lipinski definition) is 0. The highest BCUT2D eigenvalue weighted by Gasteiger charge is 2.58. The quantitative estimate of drug-likeness (QED) is 0.645. The van der Waals surface area contributed by atoms with Crippen molar-refractivity contribution in [2.45, 2.75) is 19.9 Å². The monoisotopic (exact) mass is 385 g/mol. The third kappa shape index (κ3) is 2.60. The Hall–Kier alpha value is -3.67. The second kappa shape index (κ2) is 6.44. The van der Waals surface area contributed by atoms with E-state index in [2.05, 4.69) is 5.10 Å². The van der Waals surface area contributed by atoms with Crippen LogP contribution >= 0.6 is 0 Å². The van der Waals surface area contributed by atoms with Gasteiger partial charge in [-0.1, -0.05) is 24.3 Å². The Kier molecular flexibility index (Phi) is 3.87. The van der Waals surface area contributed by atoms with Gasteiger partial charge in [-0.3, -0.25) is 14.6 Å². The highest BCUT2D eigenvalue weighted by molar-refractivity contribution is 6.33. The molecule has 2 atom stereocenters. The molecular weight excluding hydrogens is 366 g/mol. The highest BCUT2D eigenvalue weighted by Crippen LogP contribution is 2.39. The third-order valence-electron chi connectivity index (χ3n) is 5.59. The van der Waals surface area contributed by atoms with E-state index in [1.807, 2.05) is 62.4 Å². The van der Waals surface area contributed by atoms with Gasteiger partial charge in [0.25, 0.3) is 5.91 Å². The normalized spacial score (nSPS) is 21.0. The molecule has 0 unspecified atom stereocenters. The van der Waals surface area contributed by atoms with E-state index < -0.39 is 12.0 Å². The van der Waals surface area contributed by atoms with Gasteiger partial charge >= 0.3 is 0 Å². The fourth-order valence-corrected chi connectivity index (χ4v) is 3.96. The van der Waals surface area contributed by atoms with Crippen LogP contribution in [0.25, 0.3) is 0 Å². The van der Waals surface area contributed by atoms with Gasteiger partial charge in [0.2, 0.25) is 5.91 Å². The largest absolute Gasteiger partial charge is 0.463 e. The molecule has 0 aliphatic carbocycles. The number of benzene rings is 2. The van der Waals surface area contributed by atoms with Crippen LogP contribution < -0.4 is 9.91 Å². The predicted molar refractivity (Wildman–Crippen MR) is 110 cm³/mol. The Labute approximate surface area is 168 Å². The van der Waals surface area contributed by atoms with Crippen molar-refractivity contribution < 1.29 is 14.0 Å². The third-order valence-corrected chi connectivity index (χ3v) is 5.59. The van der Waals surface area contributed by atoms with Crippen LogP contribution in [0.2, 0.25) is 0 Å². The number of nitrogens with zero attached hydrogens (tertiary/aromatic N) is 3. The van der Waals surface area contributed by atoms with Crippen LogP contribution in [0.15, 0.2) is 76.4 Å². The summed E-state index contributed by atoms with van der Waals surface area (Å²) >= 11 is 0. The number of hydrazone groups is 1. The number of furan rings is 1. The average Bonchev–Trinajstić information content (AvgIpc) is 3.43. The number of rotatable bonds is 3. The number of para-hydroxylation sites is 1. The molecule has 0 bridgehead atoms. The number of carbonyl (C=O) groups is 2. The van der Waals surface area contributed by atoms with Gasteiger partial charge in [0.1, 0.15) is 17.7 Å². The summed E-state index contributed by atoms with van der Waals surface area (Å²) in [5, 5.41) is 6.28. The Balaban J connectivity index is 1.63. The molecule has 1 saturated heterocycles. The van der Waals surface area contributed by atoms with Crippen molar-refractivity contribution in [1.82, 2.24) is 0 Å². The van der Waals surface area contributed by atoms with E-state index in [9.17, 15) is 9.59 Å². The van der Waals surface area contributed by atoms with Crippen LogP contribution in [-0.4, -0.2) is 23.6 Å². The molecule has 6 heteroatoms. The Morgan fingerprint density at radius 1 is 0.862 bits per heavy atom. The smallest absolute Gasteiger partial charge is 0.259 e. The number of imide groups is 1. The highest BCUT2D eigenvalue weighted by atomic mass is 16.3. The van der Waals surface area contributed by atoms with Crippen molar-refractivity contribution in [1.29, 1.82) is 0 Å². The van der Waals surface area contributed by atoms with Crippen LogP contribution in [0.3, 0.4) is 0 Å². The van der Waals surface area contributed by atoms with E-state index in [-0.39, 0.29) is 11.8 Å². The molecule has 0 radical (unpaired) electrons. The zero-order valence-corrected chi connectivity index (χ0v) is 16.1. The predicted octanol–water partition coefficient (Wildman–Crippen LogP) is 3.68. The Morgan fingerprint density at radius 3 is 2.34 bits per heavy atom. The number of carbonyl (C=O) groups excluding carboxylic acids is 2. The van der Waals surface area contributed by atoms with Crippen molar-refractivity contribution in [3.05, 3.63) is 83.8 Å². The Bertz CT molecular complexity index is 1140. The molecule has 2 aromatic carbocycles. The van der Waals surface area contributed by atoms with Gasteiger partial charge in [-0.25, -0.2) is 4.90 Å². The lowest BCUT2D eigenvalue weighted by Gasteiger charge is -2.22. The molecule has 6 nitrogen and oxygen atoms in total. The lowest BCUT2D eigenvalue weighted by Crippen LogP contribution is -2.39. The fraction of sp³-hybridized carbons (Fsp3) is 0.174. The maximum Gasteiger partial charge on any atom is 0.259 e. The van der Waals surface area contributed by atoms with Crippen molar-refractivity contribution in [2.24, 2.45) is 11.0 Å². The molecule has 1 aromatic heterocycles. The summed E-state index contributed by atoms with van der Waals surface area (Å²) in [4.78, 5) is 28.2. The van der Waals surface area contributed by atoms with E-state index in [1.165, 1.54) is 4.90 Å². The van der Waals surface area contributed by atoms with Crippen LogP contribution in [0, 0.1) is 19.8 Å². The first kappa shape index (κ1) is 17.4. The van der Waals surface area contributed by atoms with E-state index in [0.29, 0.717) is 17.2 Å². The van der Waals surface area contributed by atoms with E-state index in [1.54, 1.807) is 23.4 Å². The van der Waals surface area contributed by atoms with Gasteiger partial charge in [0.15, 0.2) is 5.76 Å². The number of amides is 2. The maximum atomic E-state index is 13.5. The van der Waals surface area contributed by atoms with Crippen LogP contribution in [-0.2, 0) is 9.59 Å². The summed E-state index contributed by atoms with van der Waals surface area (Å²) in [5.41, 5.74) is 3.96. The summed E-state index contributed by atoms with van der Waals surface area (Å²) in [6.45, 7) is 3.97. The molecule has 3 aromatic rings. The second-order valence-electron chi connectivity index (χ2n) is 7.35. The minimum Gasteiger partial charge on any atom is -0.463 e. The van der Waals surface area contributed by atoms with Crippen molar-refractivity contribution in [2.75, 3.05) is 9.91 Å². The lowest BCUT2D eigenvalue weighted by molar-refractivity contribution is -0.121. The number of aryl methyl sites for hydroxylation is 2. The molecule has 29 heavy (non-hydrogen) atoms. The standard InChI is InChI=1S/C23H19N3O3/c1-14-10-11-17(13-15(14)2)25-22(27)19-20(18-9-6-12-29-18)24-26(21(19)23(25)28)16-7-4-3-5-8-16/h3-13,19,21H,1-2H3/t19-,21-/m0/s1. The van der Waals surface area contributed by atoms with Crippen molar-refractivity contribution in [3.8, 4) is 0 Å². The van der Waals surface area contributed by atoms with Gasteiger partial charge in [-0.15, -0.1) is 0 Å². The SMILES string of the molecule is Cc1ccc(N2C(=O)[C@H]3C(c4ccco4)=NN(c4ccccc4)[C@@H]3C2=O)cc1C. The van der Waals surface area contributed by atoms with Crippen LogP contribution in [0.4, 0.5) is 11.4 Å². The molecule has 0 spiro atoms. The van der Waals surface area contributed by atoms with Crippen LogP contribution in [0.1, 0.15) is 16.9 Å². The maximum absolute atomic E-state index is 13.5. The molecule has 2 amide bonds. The van der Waals surface area contributed by atoms with Gasteiger partial charge in [0.05, 0.1) is 17.6 Å². The molecule has 144 valence electrons. The fourth-order valence-electron chi connectivity index (χ4n) is 3.96. The molecule has 5 rings (SSSR count). The van der Waals surface area contributed by atoms with Gasteiger partial charge in [0, 0.05) is 0 Å². The Morgan fingerprint density at radius 2 is 1.66 bits per heavy atom. The van der Waals surface area contributed by atoms with E-state index >= 15 is 0 Å². The second-order valence-corrected chi connectivity index (χ2v) is 7.35. The average molecular weight is 385 g/mol. The van der Waals surface area contributed by atoms with E-state index in [0.717, 1.165) is 16.8 Å². The zero-order chi connectivity index (χ0) is 20.1. The van der Waals surface area contributed by atoms with Crippen LogP contribution in [0.5, 0.6) is 0 Å². The van der Waals surface area contributed by atoms with Gasteiger partial charge < -0.3 is 4.42 Å². The minimum absolute atomic E-state index is 0.280. The topological polar surface area (TPSA) is 66.1 Å². The number of fused-ring (bicyclic) bond motifs is 1. The van der Waals surface area contributed by atoms with Crippen molar-refractivity contribution >= 4 is 28.9 Å². The molecular formula is C23H19N3O3. The van der Waals surface area contributed by atoms with Crippen molar-refractivity contribution in [3.63, 3.8) is 0 Å². The van der Waals surface area contributed by atoms with Gasteiger partial charge in [-0.05, 0) is 61.4 Å². The summed E-state index contributed by atoms with van der Waals surface area (Å²) in [5.74, 6) is -0.772. The summed E-state index contributed by atoms with van der Waals surface area (Å²) in [6.07, 6.45) is 1.54. The van der Waals surface area contributed by atoms with Gasteiger partial charge in [-0.2, -0.15) is 5.10 Å². The molecule has 2 aliphatic rings.